The highest BCUT2D eigenvalue weighted by atomic mass is 79.9. The number of benzene rings is 1. The smallest absolute Gasteiger partial charge is 0.119 e. The molecule has 1 aromatic carbocycles. The molecule has 2 aromatic rings. The van der Waals surface area contributed by atoms with E-state index in [0.29, 0.717) is 6.61 Å². The standard InChI is InChI=1S/C14H17BrN2OS/c1-2-18-11-5-3-4-10(8-11)13(17-16)9-14-12(15)6-7-19-14/h3-8,13,17H,2,9,16H2,1H3. The van der Waals surface area contributed by atoms with Gasteiger partial charge in [-0.2, -0.15) is 0 Å². The summed E-state index contributed by atoms with van der Waals surface area (Å²) in [5.41, 5.74) is 4.02. The van der Waals surface area contributed by atoms with Crippen LogP contribution in [0.5, 0.6) is 5.75 Å². The molecule has 102 valence electrons. The molecule has 3 N–H and O–H groups in total. The quantitative estimate of drug-likeness (QED) is 0.623. The Kier molecular flexibility index (Phi) is 5.39. The van der Waals surface area contributed by atoms with E-state index < -0.39 is 0 Å². The van der Waals surface area contributed by atoms with E-state index in [2.05, 4.69) is 38.9 Å². The lowest BCUT2D eigenvalue weighted by Crippen LogP contribution is -2.29. The van der Waals surface area contributed by atoms with Gasteiger partial charge in [-0.3, -0.25) is 11.3 Å². The third-order valence-electron chi connectivity index (χ3n) is 2.85. The average molecular weight is 341 g/mol. The van der Waals surface area contributed by atoms with Crippen LogP contribution in [0, 0.1) is 0 Å². The summed E-state index contributed by atoms with van der Waals surface area (Å²) in [6.07, 6.45) is 0.852. The van der Waals surface area contributed by atoms with Crippen LogP contribution in [-0.2, 0) is 6.42 Å². The lowest BCUT2D eigenvalue weighted by Gasteiger charge is -2.17. The monoisotopic (exact) mass is 340 g/mol. The van der Waals surface area contributed by atoms with Gasteiger partial charge >= 0.3 is 0 Å². The fraction of sp³-hybridized carbons (Fsp3) is 0.286. The van der Waals surface area contributed by atoms with Gasteiger partial charge in [-0.05, 0) is 52.0 Å². The van der Waals surface area contributed by atoms with Crippen molar-refractivity contribution in [2.24, 2.45) is 5.84 Å². The van der Waals surface area contributed by atoms with Gasteiger partial charge in [0.25, 0.3) is 0 Å². The number of nitrogens with one attached hydrogen (secondary N) is 1. The van der Waals surface area contributed by atoms with Crippen molar-refractivity contribution < 1.29 is 4.74 Å². The number of hydrazine groups is 1. The molecule has 0 aliphatic heterocycles. The average Bonchev–Trinajstić information content (AvgIpc) is 2.82. The first-order valence-corrected chi connectivity index (χ1v) is 7.82. The predicted molar refractivity (Wildman–Crippen MR) is 83.4 cm³/mol. The van der Waals surface area contributed by atoms with Crippen LogP contribution in [0.3, 0.4) is 0 Å². The highest BCUT2D eigenvalue weighted by Gasteiger charge is 2.14. The number of ether oxygens (including phenoxy) is 1. The second-order valence-electron chi connectivity index (χ2n) is 4.12. The van der Waals surface area contributed by atoms with E-state index in [-0.39, 0.29) is 6.04 Å². The van der Waals surface area contributed by atoms with Crippen LogP contribution in [0.25, 0.3) is 0 Å². The molecule has 2 rings (SSSR count). The fourth-order valence-electron chi connectivity index (χ4n) is 1.92. The van der Waals surface area contributed by atoms with Crippen molar-refractivity contribution in [3.8, 4) is 5.75 Å². The van der Waals surface area contributed by atoms with Gasteiger partial charge in [-0.25, -0.2) is 0 Å². The third-order valence-corrected chi connectivity index (χ3v) is 4.80. The Morgan fingerprint density at radius 1 is 1.42 bits per heavy atom. The first-order valence-electron chi connectivity index (χ1n) is 6.15. The van der Waals surface area contributed by atoms with Crippen LogP contribution >= 0.6 is 27.3 Å². The maximum atomic E-state index is 5.69. The van der Waals surface area contributed by atoms with Crippen molar-refractivity contribution in [3.05, 3.63) is 50.6 Å². The normalized spacial score (nSPS) is 12.4. The summed E-state index contributed by atoms with van der Waals surface area (Å²) in [5.74, 6) is 6.57. The molecule has 0 aliphatic carbocycles. The van der Waals surface area contributed by atoms with Crippen LogP contribution in [-0.4, -0.2) is 6.61 Å². The third kappa shape index (κ3) is 3.79. The Morgan fingerprint density at radius 2 is 2.26 bits per heavy atom. The van der Waals surface area contributed by atoms with Crippen LogP contribution in [0.2, 0.25) is 0 Å². The second-order valence-corrected chi connectivity index (χ2v) is 5.98. The van der Waals surface area contributed by atoms with Crippen LogP contribution in [0.15, 0.2) is 40.2 Å². The van der Waals surface area contributed by atoms with Gasteiger partial charge in [-0.15, -0.1) is 11.3 Å². The molecular weight excluding hydrogens is 324 g/mol. The van der Waals surface area contributed by atoms with Crippen molar-refractivity contribution in [2.75, 3.05) is 6.61 Å². The van der Waals surface area contributed by atoms with Crippen molar-refractivity contribution in [1.29, 1.82) is 0 Å². The molecule has 1 atom stereocenters. The van der Waals surface area contributed by atoms with Gasteiger partial charge in [0.15, 0.2) is 0 Å². The number of hydrogen-bond acceptors (Lipinski definition) is 4. The van der Waals surface area contributed by atoms with E-state index in [4.69, 9.17) is 10.6 Å². The summed E-state index contributed by atoms with van der Waals surface area (Å²) in [5, 5.41) is 2.07. The summed E-state index contributed by atoms with van der Waals surface area (Å²) < 4.78 is 6.66. The maximum Gasteiger partial charge on any atom is 0.119 e. The van der Waals surface area contributed by atoms with E-state index >= 15 is 0 Å². The molecule has 5 heteroatoms. The van der Waals surface area contributed by atoms with Crippen LogP contribution in [0.4, 0.5) is 0 Å². The van der Waals surface area contributed by atoms with Gasteiger partial charge in [-0.1, -0.05) is 12.1 Å². The molecule has 1 unspecified atom stereocenters. The van der Waals surface area contributed by atoms with E-state index in [9.17, 15) is 0 Å². The Labute approximate surface area is 125 Å². The highest BCUT2D eigenvalue weighted by molar-refractivity contribution is 9.10. The zero-order valence-corrected chi connectivity index (χ0v) is 13.1. The zero-order valence-electron chi connectivity index (χ0n) is 10.7. The molecule has 0 saturated carbocycles. The fourth-order valence-corrected chi connectivity index (χ4v) is 3.48. The summed E-state index contributed by atoms with van der Waals surface area (Å²) in [6.45, 7) is 2.65. The lowest BCUT2D eigenvalue weighted by atomic mass is 10.0. The first kappa shape index (κ1) is 14.5. The molecule has 0 radical (unpaired) electrons. The topological polar surface area (TPSA) is 47.3 Å². The largest absolute Gasteiger partial charge is 0.494 e. The number of hydrogen-bond donors (Lipinski definition) is 2. The summed E-state index contributed by atoms with van der Waals surface area (Å²) in [7, 11) is 0. The molecule has 1 heterocycles. The van der Waals surface area contributed by atoms with Crippen molar-refractivity contribution in [2.45, 2.75) is 19.4 Å². The number of nitrogens with two attached hydrogens (primary N) is 1. The lowest BCUT2D eigenvalue weighted by molar-refractivity contribution is 0.339. The maximum absolute atomic E-state index is 5.69. The molecule has 3 nitrogen and oxygen atoms in total. The minimum Gasteiger partial charge on any atom is -0.494 e. The van der Waals surface area contributed by atoms with Crippen molar-refractivity contribution in [1.82, 2.24) is 5.43 Å². The SMILES string of the molecule is CCOc1cccc(C(Cc2sccc2Br)NN)c1. The van der Waals surface area contributed by atoms with Gasteiger partial charge in [0.05, 0.1) is 12.6 Å². The van der Waals surface area contributed by atoms with E-state index in [1.54, 1.807) is 11.3 Å². The Balaban J connectivity index is 2.17. The molecule has 0 amide bonds. The Morgan fingerprint density at radius 3 is 2.89 bits per heavy atom. The molecular formula is C14H17BrN2OS. The van der Waals surface area contributed by atoms with Gasteiger partial charge in [0.2, 0.25) is 0 Å². The van der Waals surface area contributed by atoms with E-state index in [1.165, 1.54) is 4.88 Å². The van der Waals surface area contributed by atoms with Crippen LogP contribution < -0.4 is 16.0 Å². The first-order chi connectivity index (χ1) is 9.24. The molecule has 0 fully saturated rings. The highest BCUT2D eigenvalue weighted by Crippen LogP contribution is 2.29. The van der Waals surface area contributed by atoms with Gasteiger partial charge in [0, 0.05) is 15.8 Å². The van der Waals surface area contributed by atoms with Crippen LogP contribution in [0.1, 0.15) is 23.4 Å². The molecule has 0 bridgehead atoms. The number of thiophene rings is 1. The molecule has 0 aliphatic rings. The van der Waals surface area contributed by atoms with Crippen molar-refractivity contribution >= 4 is 27.3 Å². The molecule has 0 spiro atoms. The summed E-state index contributed by atoms with van der Waals surface area (Å²) in [4.78, 5) is 1.28. The van der Waals surface area contributed by atoms with Gasteiger partial charge < -0.3 is 4.74 Å². The number of halogens is 1. The predicted octanol–water partition coefficient (Wildman–Crippen LogP) is 3.66. The van der Waals surface area contributed by atoms with E-state index in [0.717, 1.165) is 22.2 Å². The second kappa shape index (κ2) is 7.05. The summed E-state index contributed by atoms with van der Waals surface area (Å²) >= 11 is 5.28. The minimum absolute atomic E-state index is 0.0790. The Bertz CT molecular complexity index is 530. The van der Waals surface area contributed by atoms with Crippen molar-refractivity contribution in [3.63, 3.8) is 0 Å². The molecule has 0 saturated heterocycles. The summed E-state index contributed by atoms with van der Waals surface area (Å²) in [6, 6.07) is 10.2. The molecule has 19 heavy (non-hydrogen) atoms. The Hall–Kier alpha value is -0.880. The molecule has 1 aromatic heterocycles. The zero-order chi connectivity index (χ0) is 13.7. The van der Waals surface area contributed by atoms with E-state index in [1.807, 2.05) is 25.1 Å². The van der Waals surface area contributed by atoms with Gasteiger partial charge in [0.1, 0.15) is 5.75 Å². The number of rotatable bonds is 6. The minimum atomic E-state index is 0.0790.